The van der Waals surface area contributed by atoms with Gasteiger partial charge >= 0.3 is 5.97 Å². The molecule has 1 aromatic heterocycles. The Morgan fingerprint density at radius 2 is 2.05 bits per heavy atom. The van der Waals surface area contributed by atoms with Crippen molar-refractivity contribution in [2.75, 3.05) is 18.5 Å². The fraction of sp³-hybridized carbons (Fsp3) is 0.200. The summed E-state index contributed by atoms with van der Waals surface area (Å²) in [6, 6.07) is 10.8. The van der Waals surface area contributed by atoms with Gasteiger partial charge in [0.25, 0.3) is 0 Å². The number of aromatic nitrogens is 1. The smallest absolute Gasteiger partial charge is 0.339 e. The first-order valence-corrected chi connectivity index (χ1v) is 6.22. The van der Waals surface area contributed by atoms with Crippen molar-refractivity contribution in [3.05, 3.63) is 59.5 Å². The summed E-state index contributed by atoms with van der Waals surface area (Å²) in [5.41, 5.74) is 1.03. The average molecular weight is 274 g/mol. The molecule has 0 atom stereocenters. The van der Waals surface area contributed by atoms with Crippen LogP contribution in [0.5, 0.6) is 0 Å². The lowest BCUT2D eigenvalue weighted by Crippen LogP contribution is -2.24. The van der Waals surface area contributed by atoms with Crippen LogP contribution in [0.2, 0.25) is 0 Å². The Balaban J connectivity index is 2.13. The molecule has 2 rings (SSSR count). The summed E-state index contributed by atoms with van der Waals surface area (Å²) in [6.45, 7) is 0.600. The van der Waals surface area contributed by atoms with Gasteiger partial charge in [0.2, 0.25) is 0 Å². The maximum Gasteiger partial charge on any atom is 0.339 e. The molecule has 0 saturated carbocycles. The number of likely N-dealkylation sites (N-methyl/N-ethyl adjacent to an activating group) is 1. The van der Waals surface area contributed by atoms with E-state index in [9.17, 15) is 9.18 Å². The highest BCUT2D eigenvalue weighted by Gasteiger charge is 2.16. The molecule has 0 fully saturated rings. The van der Waals surface area contributed by atoms with Gasteiger partial charge in [-0.2, -0.15) is 0 Å². The SMILES string of the molecule is CN(CCc1ccccc1)c1ncc(F)cc1C(=O)O. The van der Waals surface area contributed by atoms with E-state index < -0.39 is 11.8 Å². The number of hydrogen-bond acceptors (Lipinski definition) is 3. The molecule has 0 radical (unpaired) electrons. The van der Waals surface area contributed by atoms with Crippen molar-refractivity contribution in [1.29, 1.82) is 0 Å². The van der Waals surface area contributed by atoms with Crippen molar-refractivity contribution in [2.45, 2.75) is 6.42 Å². The van der Waals surface area contributed by atoms with Crippen LogP contribution in [0.3, 0.4) is 0 Å². The standard InChI is InChI=1S/C15H15FN2O2/c1-18(8-7-11-5-3-2-4-6-11)14-13(15(19)20)9-12(16)10-17-14/h2-6,9-10H,7-8H2,1H3,(H,19,20). The van der Waals surface area contributed by atoms with E-state index in [1.807, 2.05) is 30.3 Å². The van der Waals surface area contributed by atoms with Crippen LogP contribution < -0.4 is 4.90 Å². The summed E-state index contributed by atoms with van der Waals surface area (Å²) in [5.74, 6) is -1.56. The van der Waals surface area contributed by atoms with Crippen LogP contribution in [0.4, 0.5) is 10.2 Å². The number of rotatable bonds is 5. The third-order valence-corrected chi connectivity index (χ3v) is 3.00. The first-order valence-electron chi connectivity index (χ1n) is 6.22. The number of halogens is 1. The first-order chi connectivity index (χ1) is 9.58. The zero-order chi connectivity index (χ0) is 14.5. The van der Waals surface area contributed by atoms with Crippen molar-refractivity contribution >= 4 is 11.8 Å². The molecule has 0 amide bonds. The predicted molar refractivity (Wildman–Crippen MR) is 74.6 cm³/mol. The van der Waals surface area contributed by atoms with E-state index in [-0.39, 0.29) is 11.4 Å². The molecule has 5 heteroatoms. The van der Waals surface area contributed by atoms with Crippen LogP contribution in [-0.4, -0.2) is 29.7 Å². The lowest BCUT2D eigenvalue weighted by Gasteiger charge is -2.19. The molecule has 4 nitrogen and oxygen atoms in total. The fourth-order valence-electron chi connectivity index (χ4n) is 1.94. The molecule has 2 aromatic rings. The molecule has 1 aromatic carbocycles. The van der Waals surface area contributed by atoms with Gasteiger partial charge in [0, 0.05) is 13.6 Å². The molecule has 0 spiro atoms. The third kappa shape index (κ3) is 3.32. The molecule has 0 bridgehead atoms. The van der Waals surface area contributed by atoms with Crippen LogP contribution in [0, 0.1) is 5.82 Å². The van der Waals surface area contributed by atoms with Gasteiger partial charge < -0.3 is 10.0 Å². The van der Waals surface area contributed by atoms with Crippen molar-refractivity contribution in [1.82, 2.24) is 4.98 Å². The highest BCUT2D eigenvalue weighted by molar-refractivity contribution is 5.93. The Hall–Kier alpha value is -2.43. The minimum atomic E-state index is -1.18. The van der Waals surface area contributed by atoms with Gasteiger partial charge in [-0.15, -0.1) is 0 Å². The number of carbonyl (C=O) groups is 1. The maximum absolute atomic E-state index is 13.1. The first kappa shape index (κ1) is 14.0. The summed E-state index contributed by atoms with van der Waals surface area (Å²) in [5, 5.41) is 9.09. The van der Waals surface area contributed by atoms with E-state index in [0.29, 0.717) is 6.54 Å². The van der Waals surface area contributed by atoms with Gasteiger partial charge in [0.1, 0.15) is 17.2 Å². The Bertz CT molecular complexity index is 602. The summed E-state index contributed by atoms with van der Waals surface area (Å²) < 4.78 is 13.1. The van der Waals surface area contributed by atoms with Gasteiger partial charge in [-0.25, -0.2) is 14.2 Å². The number of hydrogen-bond donors (Lipinski definition) is 1. The normalized spacial score (nSPS) is 10.3. The predicted octanol–water partition coefficient (Wildman–Crippen LogP) is 2.60. The van der Waals surface area contributed by atoms with Crippen LogP contribution in [0.1, 0.15) is 15.9 Å². The monoisotopic (exact) mass is 274 g/mol. The largest absolute Gasteiger partial charge is 0.478 e. The Labute approximate surface area is 116 Å². The molecule has 104 valence electrons. The van der Waals surface area contributed by atoms with E-state index >= 15 is 0 Å². The molecule has 0 unspecified atom stereocenters. The van der Waals surface area contributed by atoms with E-state index in [0.717, 1.165) is 24.2 Å². The summed E-state index contributed by atoms with van der Waals surface area (Å²) in [7, 11) is 1.75. The molecule has 20 heavy (non-hydrogen) atoms. The maximum atomic E-state index is 13.1. The van der Waals surface area contributed by atoms with Gasteiger partial charge in [0.05, 0.1) is 6.20 Å². The van der Waals surface area contributed by atoms with E-state index in [4.69, 9.17) is 5.11 Å². The molecule has 1 heterocycles. The Morgan fingerprint density at radius 3 is 2.70 bits per heavy atom. The van der Waals surface area contributed by atoms with Gasteiger partial charge in [-0.05, 0) is 18.1 Å². The van der Waals surface area contributed by atoms with Crippen LogP contribution >= 0.6 is 0 Å². The minimum Gasteiger partial charge on any atom is -0.478 e. The number of benzene rings is 1. The molecule has 0 saturated heterocycles. The number of anilines is 1. The van der Waals surface area contributed by atoms with Gasteiger partial charge in [-0.1, -0.05) is 30.3 Å². The van der Waals surface area contributed by atoms with E-state index in [1.165, 1.54) is 0 Å². The zero-order valence-electron chi connectivity index (χ0n) is 11.1. The van der Waals surface area contributed by atoms with Crippen LogP contribution in [0.15, 0.2) is 42.6 Å². The molecular formula is C15H15FN2O2. The zero-order valence-corrected chi connectivity index (χ0v) is 11.1. The number of nitrogens with zero attached hydrogens (tertiary/aromatic N) is 2. The number of carboxylic acid groups (broad SMARTS) is 1. The quantitative estimate of drug-likeness (QED) is 0.910. The number of carboxylic acids is 1. The number of aromatic carboxylic acids is 1. The van der Waals surface area contributed by atoms with Gasteiger partial charge in [-0.3, -0.25) is 0 Å². The van der Waals surface area contributed by atoms with Crippen LogP contribution in [0.25, 0.3) is 0 Å². The van der Waals surface area contributed by atoms with Crippen LogP contribution in [-0.2, 0) is 6.42 Å². The highest BCUT2D eigenvalue weighted by atomic mass is 19.1. The van der Waals surface area contributed by atoms with Crippen molar-refractivity contribution in [3.63, 3.8) is 0 Å². The Morgan fingerprint density at radius 1 is 1.35 bits per heavy atom. The van der Waals surface area contributed by atoms with Crippen molar-refractivity contribution < 1.29 is 14.3 Å². The lowest BCUT2D eigenvalue weighted by molar-refractivity contribution is 0.0696. The molecular weight excluding hydrogens is 259 g/mol. The van der Waals surface area contributed by atoms with E-state index in [2.05, 4.69) is 4.98 Å². The van der Waals surface area contributed by atoms with Gasteiger partial charge in [0.15, 0.2) is 0 Å². The molecule has 0 aliphatic carbocycles. The highest BCUT2D eigenvalue weighted by Crippen LogP contribution is 2.17. The third-order valence-electron chi connectivity index (χ3n) is 3.00. The second-order valence-electron chi connectivity index (χ2n) is 4.49. The van der Waals surface area contributed by atoms with Crippen molar-refractivity contribution in [3.8, 4) is 0 Å². The fourth-order valence-corrected chi connectivity index (χ4v) is 1.94. The average Bonchev–Trinajstić information content (AvgIpc) is 2.45. The second-order valence-corrected chi connectivity index (χ2v) is 4.49. The summed E-state index contributed by atoms with van der Waals surface area (Å²) >= 11 is 0. The molecule has 0 aliphatic rings. The second kappa shape index (κ2) is 6.14. The summed E-state index contributed by atoms with van der Waals surface area (Å²) in [4.78, 5) is 16.7. The number of pyridine rings is 1. The molecule has 1 N–H and O–H groups in total. The van der Waals surface area contributed by atoms with E-state index in [1.54, 1.807) is 11.9 Å². The lowest BCUT2D eigenvalue weighted by atomic mass is 10.1. The minimum absolute atomic E-state index is 0.124. The van der Waals surface area contributed by atoms with Crippen molar-refractivity contribution in [2.24, 2.45) is 0 Å². The Kier molecular flexibility index (Phi) is 4.30. The summed E-state index contributed by atoms with van der Waals surface area (Å²) in [6.07, 6.45) is 1.79. The topological polar surface area (TPSA) is 53.4 Å². The molecule has 0 aliphatic heterocycles.